The summed E-state index contributed by atoms with van der Waals surface area (Å²) in [5.74, 6) is -0.550. The van der Waals surface area contributed by atoms with E-state index in [1.165, 1.54) is 0 Å². The van der Waals surface area contributed by atoms with E-state index < -0.39 is 23.6 Å². The highest BCUT2D eigenvalue weighted by Crippen LogP contribution is 2.60. The third-order valence-electron chi connectivity index (χ3n) is 8.64. The van der Waals surface area contributed by atoms with Gasteiger partial charge in [0.05, 0.1) is 0 Å². The molecule has 2 bridgehead atoms. The molecule has 6 nitrogen and oxygen atoms in total. The number of benzene rings is 2. The van der Waals surface area contributed by atoms with Crippen LogP contribution in [0.15, 0.2) is 47.7 Å². The lowest BCUT2D eigenvalue weighted by atomic mass is 9.59. The van der Waals surface area contributed by atoms with E-state index in [1.54, 1.807) is 24.3 Å². The average molecular weight is 580 g/mol. The van der Waals surface area contributed by atoms with E-state index in [0.717, 1.165) is 36.0 Å². The quantitative estimate of drug-likeness (QED) is 0.210. The second kappa shape index (κ2) is 9.69. The molecule has 1 saturated carbocycles. The van der Waals surface area contributed by atoms with Crippen molar-refractivity contribution in [2.75, 3.05) is 0 Å². The average Bonchev–Trinajstić information content (AvgIpc) is 3.10. The molecule has 0 aromatic heterocycles. The van der Waals surface area contributed by atoms with Crippen LogP contribution in [0.4, 0.5) is 0 Å². The van der Waals surface area contributed by atoms with Crippen LogP contribution in [0.1, 0.15) is 57.6 Å². The molecule has 5 aliphatic rings. The van der Waals surface area contributed by atoms with Crippen LogP contribution in [-0.4, -0.2) is 23.6 Å². The first-order valence-electron chi connectivity index (χ1n) is 13.0. The standard InChI is InChI=1S/C29H29Cl3O6/c1-15-4-9-22-16(2)25(35-27-29(22)21(15)10-11-28(3,36-27)37-38-29)26(33)34-24-14-20(31)8-6-18(24)12-17-5-7-19(30)13-23(17)32/h5-8,13-15,21-22,27H,4,9-12H2,1-3H3/t15-,21+,22+,27-,28+,29-/m1/s1. The highest BCUT2D eigenvalue weighted by atomic mass is 35.5. The number of halogens is 3. The van der Waals surface area contributed by atoms with Gasteiger partial charge in [0, 0.05) is 39.7 Å². The summed E-state index contributed by atoms with van der Waals surface area (Å²) in [7, 11) is 0. The molecule has 38 heavy (non-hydrogen) atoms. The van der Waals surface area contributed by atoms with Gasteiger partial charge >= 0.3 is 5.97 Å². The second-order valence-electron chi connectivity index (χ2n) is 11.0. The first-order valence-corrected chi connectivity index (χ1v) is 14.1. The maximum Gasteiger partial charge on any atom is 0.379 e. The van der Waals surface area contributed by atoms with E-state index in [1.807, 2.05) is 26.0 Å². The van der Waals surface area contributed by atoms with E-state index in [4.69, 9.17) is 58.8 Å². The van der Waals surface area contributed by atoms with Crippen LogP contribution in [0.25, 0.3) is 0 Å². The van der Waals surface area contributed by atoms with Crippen LogP contribution in [0.2, 0.25) is 15.1 Å². The fourth-order valence-electron chi connectivity index (χ4n) is 6.61. The topological polar surface area (TPSA) is 63.2 Å². The molecule has 1 spiro atoms. The second-order valence-corrected chi connectivity index (χ2v) is 12.3. The van der Waals surface area contributed by atoms with E-state index in [0.29, 0.717) is 39.6 Å². The van der Waals surface area contributed by atoms with Crippen molar-refractivity contribution < 1.29 is 28.8 Å². The molecular formula is C29H29Cl3O6. The lowest BCUT2D eigenvalue weighted by molar-refractivity contribution is -0.556. The molecule has 9 heteroatoms. The fourth-order valence-corrected chi connectivity index (χ4v) is 7.25. The lowest BCUT2D eigenvalue weighted by Crippen LogP contribution is -2.67. The van der Waals surface area contributed by atoms with Gasteiger partial charge in [-0.25, -0.2) is 14.6 Å². The minimum atomic E-state index is -0.935. The molecule has 3 saturated heterocycles. The molecule has 2 aromatic carbocycles. The van der Waals surface area contributed by atoms with Crippen molar-refractivity contribution >= 4 is 40.8 Å². The Morgan fingerprint density at radius 1 is 1.03 bits per heavy atom. The smallest absolute Gasteiger partial charge is 0.379 e. The number of rotatable bonds is 4. The maximum atomic E-state index is 13.7. The zero-order valence-electron chi connectivity index (χ0n) is 21.4. The molecule has 0 N–H and O–H groups in total. The van der Waals surface area contributed by atoms with Crippen molar-refractivity contribution in [3.05, 3.63) is 73.9 Å². The Labute approximate surface area is 237 Å². The highest BCUT2D eigenvalue weighted by molar-refractivity contribution is 6.35. The molecule has 4 fully saturated rings. The van der Waals surface area contributed by atoms with Crippen molar-refractivity contribution in [1.29, 1.82) is 0 Å². The Bertz CT molecular complexity index is 1330. The number of esters is 1. The minimum absolute atomic E-state index is 0.0978. The van der Waals surface area contributed by atoms with Gasteiger partial charge in [0.1, 0.15) is 5.75 Å². The summed E-state index contributed by atoms with van der Waals surface area (Å²) in [5, 5.41) is 1.52. The molecule has 202 valence electrons. The number of ether oxygens (including phenoxy) is 3. The summed E-state index contributed by atoms with van der Waals surface area (Å²) >= 11 is 18.8. The Morgan fingerprint density at radius 2 is 1.76 bits per heavy atom. The summed E-state index contributed by atoms with van der Waals surface area (Å²) in [6.07, 6.45) is 3.09. The van der Waals surface area contributed by atoms with Crippen LogP contribution >= 0.6 is 34.8 Å². The number of carbonyl (C=O) groups excluding carboxylic acids is 1. The third kappa shape index (κ3) is 4.34. The first-order chi connectivity index (χ1) is 18.1. The molecule has 4 aliphatic heterocycles. The van der Waals surface area contributed by atoms with Gasteiger partial charge in [-0.05, 0) is 80.0 Å². The van der Waals surface area contributed by atoms with Gasteiger partial charge in [0.15, 0.2) is 5.60 Å². The van der Waals surface area contributed by atoms with Gasteiger partial charge < -0.3 is 14.2 Å². The van der Waals surface area contributed by atoms with Gasteiger partial charge in [-0.1, -0.05) is 53.9 Å². The highest BCUT2D eigenvalue weighted by Gasteiger charge is 2.68. The van der Waals surface area contributed by atoms with Crippen molar-refractivity contribution in [2.45, 2.75) is 70.6 Å². The van der Waals surface area contributed by atoms with Crippen molar-refractivity contribution in [2.24, 2.45) is 17.8 Å². The molecule has 0 radical (unpaired) electrons. The van der Waals surface area contributed by atoms with Crippen molar-refractivity contribution in [3.8, 4) is 5.75 Å². The summed E-state index contributed by atoms with van der Waals surface area (Å²) in [5.41, 5.74) is 1.58. The summed E-state index contributed by atoms with van der Waals surface area (Å²) in [6.45, 7) is 6.00. The normalized spacial score (nSPS) is 33.8. The Kier molecular flexibility index (Phi) is 6.73. The molecule has 4 heterocycles. The SMILES string of the molecule is CC1=C(C(=O)Oc2cc(Cl)ccc2Cc2ccc(Cl)cc2Cl)O[C@@H]2O[C@]3(C)CC[C@H]4[C@H](C)CC[C@@H]1[C@@]24OO3. The van der Waals surface area contributed by atoms with E-state index in [2.05, 4.69) is 6.92 Å². The third-order valence-corrected chi connectivity index (χ3v) is 9.46. The Hall–Kier alpha value is -1.80. The largest absolute Gasteiger partial charge is 0.454 e. The van der Waals surface area contributed by atoms with Gasteiger partial charge in [-0.2, -0.15) is 0 Å². The Morgan fingerprint density at radius 3 is 2.53 bits per heavy atom. The zero-order valence-corrected chi connectivity index (χ0v) is 23.7. The molecule has 2 aromatic rings. The maximum absolute atomic E-state index is 13.7. The van der Waals surface area contributed by atoms with Gasteiger partial charge in [0.2, 0.25) is 17.8 Å². The van der Waals surface area contributed by atoms with Crippen LogP contribution < -0.4 is 4.74 Å². The molecule has 0 amide bonds. The first kappa shape index (κ1) is 26.4. The summed E-state index contributed by atoms with van der Waals surface area (Å²) in [4.78, 5) is 25.7. The van der Waals surface area contributed by atoms with Gasteiger partial charge in [0.25, 0.3) is 0 Å². The van der Waals surface area contributed by atoms with Gasteiger partial charge in [-0.3, -0.25) is 0 Å². The molecule has 1 aliphatic carbocycles. The number of hydrogen-bond acceptors (Lipinski definition) is 6. The number of hydrogen-bond donors (Lipinski definition) is 0. The van der Waals surface area contributed by atoms with Crippen molar-refractivity contribution in [3.63, 3.8) is 0 Å². The van der Waals surface area contributed by atoms with Crippen LogP contribution in [0.3, 0.4) is 0 Å². The molecule has 0 unspecified atom stereocenters. The molecule has 6 atom stereocenters. The number of carbonyl (C=O) groups is 1. The van der Waals surface area contributed by atoms with Crippen LogP contribution in [0, 0.1) is 17.8 Å². The van der Waals surface area contributed by atoms with Gasteiger partial charge in [-0.15, -0.1) is 0 Å². The van der Waals surface area contributed by atoms with Crippen molar-refractivity contribution in [1.82, 2.24) is 0 Å². The monoisotopic (exact) mass is 578 g/mol. The van der Waals surface area contributed by atoms with E-state index in [-0.39, 0.29) is 17.6 Å². The lowest BCUT2D eigenvalue weighted by Gasteiger charge is -2.56. The van der Waals surface area contributed by atoms with E-state index in [9.17, 15) is 4.79 Å². The molecular weight excluding hydrogens is 551 g/mol. The summed E-state index contributed by atoms with van der Waals surface area (Å²) in [6, 6.07) is 10.5. The molecule has 7 rings (SSSR count). The van der Waals surface area contributed by atoms with E-state index >= 15 is 0 Å². The minimum Gasteiger partial charge on any atom is -0.454 e. The summed E-state index contributed by atoms with van der Waals surface area (Å²) < 4.78 is 18.6. The predicted molar refractivity (Wildman–Crippen MR) is 143 cm³/mol. The van der Waals surface area contributed by atoms with Crippen LogP contribution in [-0.2, 0) is 30.5 Å². The predicted octanol–water partition coefficient (Wildman–Crippen LogP) is 7.66. The zero-order chi connectivity index (χ0) is 26.8. The Balaban J connectivity index is 1.32. The van der Waals surface area contributed by atoms with Crippen LogP contribution in [0.5, 0.6) is 5.75 Å². The fraction of sp³-hybridized carbons (Fsp3) is 0.483. The number of fused-ring (bicyclic) bond motifs is 2.